The van der Waals surface area contributed by atoms with E-state index >= 15 is 0 Å². The molecule has 0 aromatic heterocycles. The fourth-order valence-corrected chi connectivity index (χ4v) is 2.70. The van der Waals surface area contributed by atoms with Crippen molar-refractivity contribution >= 4 is 5.69 Å². The Morgan fingerprint density at radius 2 is 1.42 bits per heavy atom. The van der Waals surface area contributed by atoms with Crippen LogP contribution in [0.2, 0.25) is 0 Å². The summed E-state index contributed by atoms with van der Waals surface area (Å²) in [5.74, 6) is 0.983. The molecule has 0 heterocycles. The molecule has 0 aliphatic rings. The predicted molar refractivity (Wildman–Crippen MR) is 84.5 cm³/mol. The van der Waals surface area contributed by atoms with Gasteiger partial charge in [-0.1, -0.05) is 64.1 Å². The van der Waals surface area contributed by atoms with E-state index in [2.05, 4.69) is 58.0 Å². The average Bonchev–Trinajstić information content (AvgIpc) is 2.38. The number of anilines is 1. The number of hydrogen-bond acceptors (Lipinski definition) is 1. The molecule has 0 saturated carbocycles. The number of nitrogen functional groups attached to an aromatic ring is 1. The monoisotopic (exact) mass is 253 g/mol. The first kappa shape index (κ1) is 13.7. The highest BCUT2D eigenvalue weighted by molar-refractivity contribution is 5.81. The van der Waals surface area contributed by atoms with E-state index in [0.29, 0.717) is 11.8 Å². The molecule has 2 aromatic rings. The molecule has 0 fully saturated rings. The van der Waals surface area contributed by atoms with Crippen LogP contribution in [0.3, 0.4) is 0 Å². The molecule has 0 spiro atoms. The summed E-state index contributed by atoms with van der Waals surface area (Å²) in [5.41, 5.74) is 12.4. The van der Waals surface area contributed by atoms with Gasteiger partial charge in [0.15, 0.2) is 0 Å². The third kappa shape index (κ3) is 2.65. The topological polar surface area (TPSA) is 26.0 Å². The molecule has 2 rings (SSSR count). The molecular weight excluding hydrogens is 230 g/mol. The van der Waals surface area contributed by atoms with Crippen molar-refractivity contribution in [2.24, 2.45) is 0 Å². The molecule has 1 heteroatoms. The molecule has 0 amide bonds. The zero-order valence-electron chi connectivity index (χ0n) is 12.3. The van der Waals surface area contributed by atoms with E-state index in [0.717, 1.165) is 5.69 Å². The lowest BCUT2D eigenvalue weighted by atomic mass is 9.83. The minimum absolute atomic E-state index is 0.469. The molecule has 0 aliphatic heterocycles. The largest absolute Gasteiger partial charge is 0.398 e. The highest BCUT2D eigenvalue weighted by atomic mass is 14.6. The van der Waals surface area contributed by atoms with Gasteiger partial charge in [-0.25, -0.2) is 0 Å². The van der Waals surface area contributed by atoms with Crippen LogP contribution >= 0.6 is 0 Å². The molecular formula is C18H23N. The van der Waals surface area contributed by atoms with Gasteiger partial charge in [-0.3, -0.25) is 0 Å². The summed E-state index contributed by atoms with van der Waals surface area (Å²) in [4.78, 5) is 0. The second-order valence-electron chi connectivity index (χ2n) is 5.71. The Labute approximate surface area is 116 Å². The molecule has 0 saturated heterocycles. The quantitative estimate of drug-likeness (QED) is 0.749. The maximum Gasteiger partial charge on any atom is 0.0396 e. The van der Waals surface area contributed by atoms with E-state index in [1.54, 1.807) is 0 Å². The predicted octanol–water partition coefficient (Wildman–Crippen LogP) is 5.18. The van der Waals surface area contributed by atoms with Gasteiger partial charge in [0, 0.05) is 11.3 Å². The molecule has 0 unspecified atom stereocenters. The van der Waals surface area contributed by atoms with Gasteiger partial charge in [-0.2, -0.15) is 0 Å². The first-order valence-corrected chi connectivity index (χ1v) is 7.00. The van der Waals surface area contributed by atoms with Crippen molar-refractivity contribution in [3.63, 3.8) is 0 Å². The number of rotatable bonds is 3. The van der Waals surface area contributed by atoms with Gasteiger partial charge in [0.1, 0.15) is 0 Å². The van der Waals surface area contributed by atoms with Crippen molar-refractivity contribution in [2.45, 2.75) is 39.5 Å². The standard InChI is InChI=1S/C18H23N/c1-12(2)15-10-11-16(19)18(17(15)13(3)4)14-8-6-5-7-9-14/h5-13H,19H2,1-4H3. The van der Waals surface area contributed by atoms with E-state index in [1.165, 1.54) is 22.3 Å². The molecule has 0 radical (unpaired) electrons. The normalized spacial score (nSPS) is 11.3. The van der Waals surface area contributed by atoms with Crippen molar-refractivity contribution < 1.29 is 0 Å². The first-order chi connectivity index (χ1) is 9.02. The SMILES string of the molecule is CC(C)c1ccc(N)c(-c2ccccc2)c1C(C)C. The molecule has 19 heavy (non-hydrogen) atoms. The van der Waals surface area contributed by atoms with Crippen LogP contribution in [0, 0.1) is 0 Å². The lowest BCUT2D eigenvalue weighted by molar-refractivity contribution is 0.792. The Hall–Kier alpha value is -1.76. The van der Waals surface area contributed by atoms with Gasteiger partial charge in [0.25, 0.3) is 0 Å². The molecule has 2 aromatic carbocycles. The summed E-state index contributed by atoms with van der Waals surface area (Å²) in [6.07, 6.45) is 0. The Kier molecular flexibility index (Phi) is 3.94. The molecule has 100 valence electrons. The van der Waals surface area contributed by atoms with E-state index in [-0.39, 0.29) is 0 Å². The fraction of sp³-hybridized carbons (Fsp3) is 0.333. The van der Waals surface area contributed by atoms with Gasteiger partial charge in [0.05, 0.1) is 0 Å². The van der Waals surface area contributed by atoms with E-state index in [9.17, 15) is 0 Å². The van der Waals surface area contributed by atoms with Crippen LogP contribution in [0.25, 0.3) is 11.1 Å². The lowest BCUT2D eigenvalue weighted by Gasteiger charge is -2.22. The summed E-state index contributed by atoms with van der Waals surface area (Å²) < 4.78 is 0. The van der Waals surface area contributed by atoms with Crippen LogP contribution in [0.4, 0.5) is 5.69 Å². The maximum absolute atomic E-state index is 6.26. The number of benzene rings is 2. The third-order valence-corrected chi connectivity index (χ3v) is 3.57. The summed E-state index contributed by atoms with van der Waals surface area (Å²) in [7, 11) is 0. The van der Waals surface area contributed by atoms with Crippen LogP contribution < -0.4 is 5.73 Å². The molecule has 0 aliphatic carbocycles. The minimum atomic E-state index is 0.469. The summed E-state index contributed by atoms with van der Waals surface area (Å²) in [5, 5.41) is 0. The summed E-state index contributed by atoms with van der Waals surface area (Å²) in [6.45, 7) is 8.97. The fourth-order valence-electron chi connectivity index (χ4n) is 2.70. The van der Waals surface area contributed by atoms with Crippen molar-refractivity contribution in [1.29, 1.82) is 0 Å². The van der Waals surface area contributed by atoms with E-state index in [1.807, 2.05) is 12.1 Å². The number of hydrogen-bond donors (Lipinski definition) is 1. The van der Waals surface area contributed by atoms with Crippen LogP contribution in [-0.2, 0) is 0 Å². The first-order valence-electron chi connectivity index (χ1n) is 7.00. The molecule has 1 nitrogen and oxygen atoms in total. The zero-order valence-corrected chi connectivity index (χ0v) is 12.3. The Morgan fingerprint density at radius 3 is 1.95 bits per heavy atom. The van der Waals surface area contributed by atoms with Crippen LogP contribution in [0.15, 0.2) is 42.5 Å². The van der Waals surface area contributed by atoms with Gasteiger partial charge in [-0.05, 0) is 34.6 Å². The Bertz CT molecular complexity index is 553. The molecule has 0 bridgehead atoms. The van der Waals surface area contributed by atoms with Crippen LogP contribution in [0.1, 0.15) is 50.7 Å². The van der Waals surface area contributed by atoms with Crippen LogP contribution in [-0.4, -0.2) is 0 Å². The smallest absolute Gasteiger partial charge is 0.0396 e. The highest BCUT2D eigenvalue weighted by Crippen LogP contribution is 2.38. The number of nitrogens with two attached hydrogens (primary N) is 1. The highest BCUT2D eigenvalue weighted by Gasteiger charge is 2.17. The van der Waals surface area contributed by atoms with Crippen molar-refractivity contribution in [3.8, 4) is 11.1 Å². The second-order valence-corrected chi connectivity index (χ2v) is 5.71. The van der Waals surface area contributed by atoms with Gasteiger partial charge < -0.3 is 5.73 Å². The zero-order chi connectivity index (χ0) is 14.0. The summed E-state index contributed by atoms with van der Waals surface area (Å²) >= 11 is 0. The third-order valence-electron chi connectivity index (χ3n) is 3.57. The average molecular weight is 253 g/mol. The van der Waals surface area contributed by atoms with Crippen molar-refractivity contribution in [3.05, 3.63) is 53.6 Å². The van der Waals surface area contributed by atoms with E-state index in [4.69, 9.17) is 5.73 Å². The second kappa shape index (κ2) is 5.48. The summed E-state index contributed by atoms with van der Waals surface area (Å²) in [6, 6.07) is 14.7. The van der Waals surface area contributed by atoms with E-state index < -0.39 is 0 Å². The van der Waals surface area contributed by atoms with Gasteiger partial charge >= 0.3 is 0 Å². The Balaban J connectivity index is 2.75. The van der Waals surface area contributed by atoms with Gasteiger partial charge in [-0.15, -0.1) is 0 Å². The van der Waals surface area contributed by atoms with Crippen molar-refractivity contribution in [2.75, 3.05) is 5.73 Å². The van der Waals surface area contributed by atoms with Crippen LogP contribution in [0.5, 0.6) is 0 Å². The maximum atomic E-state index is 6.26. The molecule has 0 atom stereocenters. The lowest BCUT2D eigenvalue weighted by Crippen LogP contribution is -2.04. The molecule has 2 N–H and O–H groups in total. The van der Waals surface area contributed by atoms with Crippen molar-refractivity contribution in [1.82, 2.24) is 0 Å². The minimum Gasteiger partial charge on any atom is -0.398 e. The van der Waals surface area contributed by atoms with Gasteiger partial charge in [0.2, 0.25) is 0 Å². The Morgan fingerprint density at radius 1 is 0.789 bits per heavy atom.